The van der Waals surface area contributed by atoms with E-state index in [1.54, 1.807) is 0 Å². The number of rotatable bonds is 6. The molecule has 1 aliphatic heterocycles. The van der Waals surface area contributed by atoms with E-state index >= 15 is 0 Å². The number of para-hydroxylation sites is 2. The maximum atomic E-state index is 13.4. The molecule has 0 bridgehead atoms. The van der Waals surface area contributed by atoms with Crippen molar-refractivity contribution in [3.8, 4) is 0 Å². The molecule has 2 atom stereocenters. The van der Waals surface area contributed by atoms with Crippen LogP contribution in [0.5, 0.6) is 0 Å². The summed E-state index contributed by atoms with van der Waals surface area (Å²) in [6, 6.07) is 15.0. The van der Waals surface area contributed by atoms with Gasteiger partial charge >= 0.3 is 6.09 Å². The summed E-state index contributed by atoms with van der Waals surface area (Å²) < 4.78 is 5.45. The number of H-pyrrole nitrogens is 1. The van der Waals surface area contributed by atoms with Gasteiger partial charge in [0.1, 0.15) is 11.4 Å². The van der Waals surface area contributed by atoms with Gasteiger partial charge in [-0.05, 0) is 69.9 Å². The number of likely N-dealkylation sites (tertiary alicyclic amines) is 1. The van der Waals surface area contributed by atoms with Crippen LogP contribution < -0.4 is 5.32 Å². The van der Waals surface area contributed by atoms with E-state index in [1.807, 2.05) is 74.2 Å². The Balaban J connectivity index is 1.44. The Kier molecular flexibility index (Phi) is 7.65. The minimum atomic E-state index is -0.619. The first-order valence-corrected chi connectivity index (χ1v) is 12.5. The van der Waals surface area contributed by atoms with Gasteiger partial charge in [-0.25, -0.2) is 9.78 Å². The number of ether oxygens (including phenoxy) is 1. The largest absolute Gasteiger partial charge is 0.444 e. The van der Waals surface area contributed by atoms with Crippen molar-refractivity contribution in [1.29, 1.82) is 0 Å². The highest BCUT2D eigenvalue weighted by Crippen LogP contribution is 2.27. The maximum Gasteiger partial charge on any atom is 0.407 e. The van der Waals surface area contributed by atoms with Crippen molar-refractivity contribution >= 4 is 34.6 Å². The van der Waals surface area contributed by atoms with Crippen LogP contribution in [0.15, 0.2) is 48.5 Å². The Morgan fingerprint density at radius 3 is 2.66 bits per heavy atom. The average molecular weight is 497 g/mol. The van der Waals surface area contributed by atoms with Crippen LogP contribution in [0.25, 0.3) is 11.0 Å². The third-order valence-corrected chi connectivity index (χ3v) is 6.36. The number of halogens is 1. The molecule has 2 amide bonds. The Morgan fingerprint density at radius 2 is 1.94 bits per heavy atom. The number of nitrogens with one attached hydrogen (secondary N) is 2. The van der Waals surface area contributed by atoms with Crippen LogP contribution in [0.2, 0.25) is 5.02 Å². The summed E-state index contributed by atoms with van der Waals surface area (Å²) in [5, 5.41) is 3.55. The van der Waals surface area contributed by atoms with E-state index in [0.717, 1.165) is 35.3 Å². The second-order valence-electron chi connectivity index (χ2n) is 10.2. The Bertz CT molecular complexity index is 1140. The number of nitrogens with zero attached hydrogens (tertiary/aromatic N) is 2. The number of alkyl carbamates (subject to hydrolysis) is 1. The average Bonchev–Trinajstić information content (AvgIpc) is 3.24. The van der Waals surface area contributed by atoms with Crippen LogP contribution in [-0.4, -0.2) is 51.6 Å². The minimum Gasteiger partial charge on any atom is -0.444 e. The van der Waals surface area contributed by atoms with Crippen molar-refractivity contribution in [2.24, 2.45) is 0 Å². The lowest BCUT2D eigenvalue weighted by Crippen LogP contribution is -2.45. The number of aromatic amines is 1. The van der Waals surface area contributed by atoms with E-state index in [1.165, 1.54) is 0 Å². The number of fused-ring (bicyclic) bond motifs is 1. The van der Waals surface area contributed by atoms with Gasteiger partial charge in [-0.1, -0.05) is 35.9 Å². The molecule has 2 heterocycles. The van der Waals surface area contributed by atoms with Crippen molar-refractivity contribution < 1.29 is 14.3 Å². The molecule has 7 nitrogen and oxygen atoms in total. The second kappa shape index (κ2) is 10.7. The molecule has 0 saturated carbocycles. The van der Waals surface area contributed by atoms with Crippen LogP contribution in [0.3, 0.4) is 0 Å². The molecular formula is C27H33ClN4O3. The fourth-order valence-corrected chi connectivity index (χ4v) is 4.61. The summed E-state index contributed by atoms with van der Waals surface area (Å²) in [6.45, 7) is 6.77. The molecular weight excluding hydrogens is 464 g/mol. The topological polar surface area (TPSA) is 87.3 Å². The summed E-state index contributed by atoms with van der Waals surface area (Å²) in [5.41, 5.74) is 2.32. The number of piperidine rings is 1. The lowest BCUT2D eigenvalue weighted by atomic mass is 9.96. The lowest BCUT2D eigenvalue weighted by Gasteiger charge is -2.33. The van der Waals surface area contributed by atoms with E-state index in [0.29, 0.717) is 24.5 Å². The molecule has 0 radical (unpaired) electrons. The molecule has 1 aromatic heterocycles. The number of carbonyl (C=O) groups is 2. The number of benzene rings is 2. The Hall–Kier alpha value is -3.06. The molecule has 1 unspecified atom stereocenters. The van der Waals surface area contributed by atoms with Gasteiger partial charge in [0.05, 0.1) is 11.0 Å². The summed E-state index contributed by atoms with van der Waals surface area (Å²) in [6.07, 6.45) is 2.06. The van der Waals surface area contributed by atoms with E-state index in [9.17, 15) is 9.59 Å². The molecule has 186 valence electrons. The number of hydrogen-bond acceptors (Lipinski definition) is 4. The number of amides is 2. The zero-order valence-corrected chi connectivity index (χ0v) is 21.3. The summed E-state index contributed by atoms with van der Waals surface area (Å²) in [7, 11) is 0. The van der Waals surface area contributed by atoms with E-state index < -0.39 is 17.7 Å². The number of hydrogen-bond donors (Lipinski definition) is 2. The monoisotopic (exact) mass is 496 g/mol. The predicted octanol–water partition coefficient (Wildman–Crippen LogP) is 5.45. The zero-order chi connectivity index (χ0) is 25.0. The Morgan fingerprint density at radius 1 is 1.20 bits per heavy atom. The second-order valence-corrected chi connectivity index (χ2v) is 10.6. The minimum absolute atomic E-state index is 0.0147. The van der Waals surface area contributed by atoms with Crippen molar-refractivity contribution in [1.82, 2.24) is 20.2 Å². The first kappa shape index (κ1) is 25.0. The fourth-order valence-electron chi connectivity index (χ4n) is 4.49. The van der Waals surface area contributed by atoms with Crippen LogP contribution in [0, 0.1) is 0 Å². The van der Waals surface area contributed by atoms with Crippen molar-refractivity contribution in [3.05, 3.63) is 64.9 Å². The van der Waals surface area contributed by atoms with E-state index in [2.05, 4.69) is 10.3 Å². The fraction of sp³-hybridized carbons (Fsp3) is 0.444. The van der Waals surface area contributed by atoms with Crippen LogP contribution in [0.1, 0.15) is 57.3 Å². The molecule has 0 aliphatic carbocycles. The van der Waals surface area contributed by atoms with Crippen LogP contribution in [-0.2, 0) is 16.0 Å². The van der Waals surface area contributed by atoms with Gasteiger partial charge in [-0.15, -0.1) is 0 Å². The van der Waals surface area contributed by atoms with Gasteiger partial charge in [0.2, 0.25) is 5.91 Å². The van der Waals surface area contributed by atoms with Gasteiger partial charge in [-0.2, -0.15) is 0 Å². The molecule has 8 heteroatoms. The van der Waals surface area contributed by atoms with Crippen LogP contribution in [0.4, 0.5) is 4.79 Å². The zero-order valence-electron chi connectivity index (χ0n) is 20.5. The normalized spacial score (nSPS) is 17.3. The SMILES string of the molecule is CC(C)(C)OC(=O)N[C@@H](CC(=O)N1CCCC(c2nc3ccccc3[nH]2)C1)Cc1ccc(Cl)cc1. The van der Waals surface area contributed by atoms with Gasteiger partial charge in [0, 0.05) is 36.5 Å². The highest BCUT2D eigenvalue weighted by atomic mass is 35.5. The molecule has 0 spiro atoms. The third kappa shape index (κ3) is 6.98. The molecule has 1 saturated heterocycles. The van der Waals surface area contributed by atoms with E-state index in [4.69, 9.17) is 21.3 Å². The molecule has 2 N–H and O–H groups in total. The molecule has 1 aliphatic rings. The standard InChI is InChI=1S/C27H33ClN4O3/c1-27(2,3)35-26(34)29-21(15-18-10-12-20(28)13-11-18)16-24(33)32-14-6-7-19(17-32)25-30-22-8-4-5-9-23(22)31-25/h4-5,8-13,19,21H,6-7,14-17H2,1-3H3,(H,29,34)(H,30,31)/t19?,21-/m1/s1. The highest BCUT2D eigenvalue weighted by Gasteiger charge is 2.29. The van der Waals surface area contributed by atoms with Gasteiger partial charge in [0.25, 0.3) is 0 Å². The van der Waals surface area contributed by atoms with Gasteiger partial charge < -0.3 is 19.9 Å². The first-order chi connectivity index (χ1) is 16.7. The number of carbonyl (C=O) groups excluding carboxylic acids is 2. The molecule has 1 fully saturated rings. The summed E-state index contributed by atoms with van der Waals surface area (Å²) >= 11 is 6.02. The van der Waals surface area contributed by atoms with Crippen LogP contribution >= 0.6 is 11.6 Å². The van der Waals surface area contributed by atoms with Crippen molar-refractivity contribution in [3.63, 3.8) is 0 Å². The van der Waals surface area contributed by atoms with Gasteiger partial charge in [0.15, 0.2) is 0 Å². The lowest BCUT2D eigenvalue weighted by molar-refractivity contribution is -0.132. The number of imidazole rings is 1. The first-order valence-electron chi connectivity index (χ1n) is 12.1. The Labute approximate surface area is 211 Å². The summed E-state index contributed by atoms with van der Waals surface area (Å²) in [4.78, 5) is 35.9. The predicted molar refractivity (Wildman–Crippen MR) is 138 cm³/mol. The highest BCUT2D eigenvalue weighted by molar-refractivity contribution is 6.30. The van der Waals surface area contributed by atoms with E-state index in [-0.39, 0.29) is 18.2 Å². The number of aromatic nitrogens is 2. The summed E-state index contributed by atoms with van der Waals surface area (Å²) in [5.74, 6) is 1.10. The third-order valence-electron chi connectivity index (χ3n) is 6.11. The molecule has 3 aromatic rings. The smallest absolute Gasteiger partial charge is 0.407 e. The molecule has 4 rings (SSSR count). The molecule has 2 aromatic carbocycles. The molecule has 35 heavy (non-hydrogen) atoms. The van der Waals surface area contributed by atoms with Gasteiger partial charge in [-0.3, -0.25) is 4.79 Å². The van der Waals surface area contributed by atoms with Crippen molar-refractivity contribution in [2.75, 3.05) is 13.1 Å². The maximum absolute atomic E-state index is 13.4. The quantitative estimate of drug-likeness (QED) is 0.475. The van der Waals surface area contributed by atoms with Crippen molar-refractivity contribution in [2.45, 2.75) is 64.0 Å².